The monoisotopic (exact) mass is 556 g/mol. The molecule has 0 bridgehead atoms. The molecule has 1 aromatic heterocycles. The Morgan fingerprint density at radius 2 is 1.85 bits per heavy atom. The average molecular weight is 557 g/mol. The molecule has 1 aliphatic rings. The van der Waals surface area contributed by atoms with E-state index in [0.29, 0.717) is 11.5 Å². The lowest BCUT2D eigenvalue weighted by Crippen LogP contribution is -2.55. The smallest absolute Gasteiger partial charge is 0.406 e. The number of urea groups is 1. The van der Waals surface area contributed by atoms with Gasteiger partial charge in [0.15, 0.2) is 10.9 Å². The maximum atomic E-state index is 12.4. The van der Waals surface area contributed by atoms with Crippen LogP contribution < -0.4 is 20.7 Å². The summed E-state index contributed by atoms with van der Waals surface area (Å²) in [7, 11) is 0. The standard InChI is InChI=1S/C27H27F3N6O2S/c1-3-20-6-4-5-15-26(20,2)34-25(39)33-24(37)31-16-18-7-9-19(10-8-18)23-32-17-36(35-23)21-11-13-22(14-12-21)38-27(28,29)30/h4-15,17,20H,3,16H2,1-2H3,(H3,31,33,34,37,39). The van der Waals surface area contributed by atoms with Crippen LogP contribution in [0, 0.1) is 5.92 Å². The summed E-state index contributed by atoms with van der Waals surface area (Å²) in [6.07, 6.45) is 5.77. The third-order valence-corrected chi connectivity index (χ3v) is 6.41. The van der Waals surface area contributed by atoms with Gasteiger partial charge in [-0.25, -0.2) is 14.5 Å². The van der Waals surface area contributed by atoms with Crippen molar-refractivity contribution >= 4 is 23.4 Å². The zero-order valence-corrected chi connectivity index (χ0v) is 22.0. The second kappa shape index (κ2) is 11.7. The number of ether oxygens (including phenoxy) is 1. The number of thiocarbonyl (C=S) groups is 1. The van der Waals surface area contributed by atoms with Crippen LogP contribution in [0.5, 0.6) is 5.75 Å². The molecule has 0 fully saturated rings. The summed E-state index contributed by atoms with van der Waals surface area (Å²) in [6.45, 7) is 4.42. The lowest BCUT2D eigenvalue weighted by Gasteiger charge is -2.36. The van der Waals surface area contributed by atoms with Gasteiger partial charge in [-0.05, 0) is 55.4 Å². The van der Waals surface area contributed by atoms with E-state index in [1.165, 1.54) is 35.3 Å². The summed E-state index contributed by atoms with van der Waals surface area (Å²) < 4.78 is 42.4. The highest BCUT2D eigenvalue weighted by Crippen LogP contribution is 2.27. The number of benzene rings is 2. The van der Waals surface area contributed by atoms with Crippen LogP contribution in [0.25, 0.3) is 17.1 Å². The highest BCUT2D eigenvalue weighted by Gasteiger charge is 2.32. The van der Waals surface area contributed by atoms with Gasteiger partial charge < -0.3 is 15.4 Å². The van der Waals surface area contributed by atoms with Crippen molar-refractivity contribution in [1.82, 2.24) is 30.7 Å². The van der Waals surface area contributed by atoms with Gasteiger partial charge in [-0.2, -0.15) is 0 Å². The molecule has 8 nitrogen and oxygen atoms in total. The first-order chi connectivity index (χ1) is 18.5. The van der Waals surface area contributed by atoms with E-state index in [1.54, 1.807) is 0 Å². The Labute approximate surface area is 229 Å². The molecule has 3 aromatic rings. The first-order valence-electron chi connectivity index (χ1n) is 12.1. The first-order valence-corrected chi connectivity index (χ1v) is 12.6. The number of nitrogens with zero attached hydrogens (tertiary/aromatic N) is 3. The molecule has 0 saturated carbocycles. The maximum Gasteiger partial charge on any atom is 0.573 e. The number of rotatable bonds is 7. The molecule has 0 aliphatic heterocycles. The highest BCUT2D eigenvalue weighted by atomic mass is 32.1. The third kappa shape index (κ3) is 7.44. The lowest BCUT2D eigenvalue weighted by molar-refractivity contribution is -0.274. The van der Waals surface area contributed by atoms with Gasteiger partial charge in [-0.1, -0.05) is 55.5 Å². The summed E-state index contributed by atoms with van der Waals surface area (Å²) in [5.41, 5.74) is 1.73. The van der Waals surface area contributed by atoms with Crippen molar-refractivity contribution < 1.29 is 22.7 Å². The third-order valence-electron chi connectivity index (χ3n) is 6.21. The van der Waals surface area contributed by atoms with Crippen LogP contribution in [-0.2, 0) is 6.54 Å². The minimum atomic E-state index is -4.75. The Morgan fingerprint density at radius 3 is 2.51 bits per heavy atom. The van der Waals surface area contributed by atoms with Crippen molar-refractivity contribution in [2.75, 3.05) is 0 Å². The number of carbonyl (C=O) groups excluding carboxylic acids is 1. The Balaban J connectivity index is 1.28. The fraction of sp³-hybridized carbons (Fsp3) is 0.259. The van der Waals surface area contributed by atoms with E-state index in [-0.39, 0.29) is 28.9 Å². The lowest BCUT2D eigenvalue weighted by atomic mass is 9.80. The van der Waals surface area contributed by atoms with Crippen molar-refractivity contribution in [3.05, 3.63) is 84.7 Å². The molecule has 204 valence electrons. The molecule has 2 unspecified atom stereocenters. The molecule has 2 aromatic carbocycles. The van der Waals surface area contributed by atoms with Crippen LogP contribution in [0.15, 0.2) is 79.2 Å². The van der Waals surface area contributed by atoms with Gasteiger partial charge in [-0.3, -0.25) is 5.32 Å². The number of nitrogens with one attached hydrogen (secondary N) is 3. The molecule has 1 aliphatic carbocycles. The second-order valence-electron chi connectivity index (χ2n) is 9.05. The molecule has 2 amide bonds. The van der Waals surface area contributed by atoms with Crippen LogP contribution in [-0.4, -0.2) is 37.8 Å². The Bertz CT molecular complexity index is 1370. The van der Waals surface area contributed by atoms with Crippen LogP contribution in [0.4, 0.5) is 18.0 Å². The topological polar surface area (TPSA) is 93.1 Å². The zero-order chi connectivity index (χ0) is 28.0. The summed E-state index contributed by atoms with van der Waals surface area (Å²) >= 11 is 5.34. The van der Waals surface area contributed by atoms with Crippen molar-refractivity contribution in [2.24, 2.45) is 5.92 Å². The zero-order valence-electron chi connectivity index (χ0n) is 21.2. The van der Waals surface area contributed by atoms with Crippen LogP contribution in [0.3, 0.4) is 0 Å². The molecule has 1 heterocycles. The fourth-order valence-corrected chi connectivity index (χ4v) is 4.48. The summed E-state index contributed by atoms with van der Waals surface area (Å²) in [5, 5.41) is 13.3. The predicted molar refractivity (Wildman–Crippen MR) is 145 cm³/mol. The van der Waals surface area contributed by atoms with E-state index in [0.717, 1.165) is 17.5 Å². The van der Waals surface area contributed by atoms with Crippen molar-refractivity contribution in [3.8, 4) is 22.8 Å². The number of aromatic nitrogens is 3. The number of alkyl halides is 3. The largest absolute Gasteiger partial charge is 0.573 e. The first kappa shape index (κ1) is 27.8. The van der Waals surface area contributed by atoms with E-state index < -0.39 is 12.4 Å². The summed E-state index contributed by atoms with van der Waals surface area (Å²) in [5.74, 6) is 0.369. The molecule has 12 heteroatoms. The van der Waals surface area contributed by atoms with Crippen LogP contribution in [0.2, 0.25) is 0 Å². The minimum Gasteiger partial charge on any atom is -0.406 e. The van der Waals surface area contributed by atoms with Gasteiger partial charge in [0.2, 0.25) is 0 Å². The van der Waals surface area contributed by atoms with E-state index in [9.17, 15) is 18.0 Å². The Kier molecular flexibility index (Phi) is 8.34. The predicted octanol–water partition coefficient (Wildman–Crippen LogP) is 5.42. The van der Waals surface area contributed by atoms with Gasteiger partial charge in [0.1, 0.15) is 12.1 Å². The van der Waals surface area contributed by atoms with E-state index >= 15 is 0 Å². The number of carbonyl (C=O) groups is 1. The minimum absolute atomic E-state index is 0.243. The number of hydrogen-bond acceptors (Lipinski definition) is 5. The van der Waals surface area contributed by atoms with Crippen molar-refractivity contribution in [2.45, 2.75) is 38.7 Å². The Hall–Kier alpha value is -4.19. The number of amides is 2. The molecule has 2 atom stereocenters. The normalized spacial score (nSPS) is 18.4. The molecule has 39 heavy (non-hydrogen) atoms. The summed E-state index contributed by atoms with van der Waals surface area (Å²) in [6, 6.07) is 12.2. The molecule has 0 spiro atoms. The number of hydrogen-bond donors (Lipinski definition) is 3. The highest BCUT2D eigenvalue weighted by molar-refractivity contribution is 7.80. The average Bonchev–Trinajstić information content (AvgIpc) is 3.37. The van der Waals surface area contributed by atoms with Crippen LogP contribution >= 0.6 is 12.2 Å². The van der Waals surface area contributed by atoms with Crippen LogP contribution in [0.1, 0.15) is 25.8 Å². The molecular formula is C27H27F3N6O2S. The van der Waals surface area contributed by atoms with Crippen molar-refractivity contribution in [3.63, 3.8) is 0 Å². The molecule has 3 N–H and O–H groups in total. The fourth-order valence-electron chi connectivity index (χ4n) is 4.17. The van der Waals surface area contributed by atoms with Gasteiger partial charge >= 0.3 is 12.4 Å². The summed E-state index contributed by atoms with van der Waals surface area (Å²) in [4.78, 5) is 16.6. The SMILES string of the molecule is CCC1C=CC=CC1(C)NC(=S)NC(=O)NCc1ccc(-c2ncn(-c3ccc(OC(F)(F)F)cc3)n2)cc1. The van der Waals surface area contributed by atoms with Gasteiger partial charge in [0, 0.05) is 18.0 Å². The molecule has 0 radical (unpaired) electrons. The molecule has 0 saturated heterocycles. The maximum absolute atomic E-state index is 12.4. The van der Waals surface area contributed by atoms with Crippen molar-refractivity contribution in [1.29, 1.82) is 0 Å². The van der Waals surface area contributed by atoms with Gasteiger partial charge in [0.25, 0.3) is 0 Å². The van der Waals surface area contributed by atoms with E-state index in [1.807, 2.05) is 49.4 Å². The van der Waals surface area contributed by atoms with Gasteiger partial charge in [0.05, 0.1) is 11.2 Å². The Morgan fingerprint density at radius 1 is 1.13 bits per heavy atom. The quantitative estimate of drug-likeness (QED) is 0.337. The second-order valence-corrected chi connectivity index (χ2v) is 9.46. The number of halogens is 3. The molecular weight excluding hydrogens is 529 g/mol. The number of allylic oxidation sites excluding steroid dienone is 2. The van der Waals surface area contributed by atoms with E-state index in [2.05, 4.69) is 43.8 Å². The van der Waals surface area contributed by atoms with Gasteiger partial charge in [-0.15, -0.1) is 18.3 Å². The molecule has 4 rings (SSSR count). The van der Waals surface area contributed by atoms with E-state index in [4.69, 9.17) is 12.2 Å².